The summed E-state index contributed by atoms with van der Waals surface area (Å²) in [5, 5.41) is 3.16. The van der Waals surface area contributed by atoms with Gasteiger partial charge in [0.2, 0.25) is 11.8 Å². The Balaban J connectivity index is 1.88. The summed E-state index contributed by atoms with van der Waals surface area (Å²) in [5.41, 5.74) is -0.434. The zero-order chi connectivity index (χ0) is 20.8. The van der Waals surface area contributed by atoms with Crippen molar-refractivity contribution in [3.05, 3.63) is 71.5 Å². The van der Waals surface area contributed by atoms with Gasteiger partial charge in [-0.3, -0.25) is 24.6 Å². The van der Waals surface area contributed by atoms with Crippen LogP contribution in [0.15, 0.2) is 54.6 Å². The molecule has 2 heterocycles. The summed E-state index contributed by atoms with van der Waals surface area (Å²) in [6.07, 6.45) is 0.138. The maximum Gasteiger partial charge on any atom is 0.327 e. The van der Waals surface area contributed by atoms with Crippen LogP contribution in [0.2, 0.25) is 0 Å². The van der Waals surface area contributed by atoms with Gasteiger partial charge >= 0.3 is 5.97 Å². The molecular weight excluding hydrogens is 375 g/mol. The molecule has 2 aromatic carbocycles. The molecule has 2 aliphatic rings. The Morgan fingerprint density at radius 2 is 1.76 bits per heavy atom. The van der Waals surface area contributed by atoms with Gasteiger partial charge in [-0.25, -0.2) is 4.39 Å². The molecule has 7 heteroatoms. The highest BCUT2D eigenvalue weighted by Gasteiger charge is 2.68. The number of methoxy groups -OCH3 is 1. The number of nitrogens with zero attached hydrogens (tertiary/aromatic N) is 1. The van der Waals surface area contributed by atoms with Gasteiger partial charge in [-0.2, -0.15) is 0 Å². The van der Waals surface area contributed by atoms with E-state index in [1.165, 1.54) is 20.2 Å². The molecule has 150 valence electrons. The first-order valence-electron chi connectivity index (χ1n) is 9.36. The van der Waals surface area contributed by atoms with E-state index in [0.717, 1.165) is 10.5 Å². The molecule has 29 heavy (non-hydrogen) atoms. The minimum Gasteiger partial charge on any atom is -0.468 e. The third-order valence-electron chi connectivity index (χ3n) is 5.99. The molecule has 2 saturated heterocycles. The molecule has 2 aliphatic heterocycles. The second-order valence-corrected chi connectivity index (χ2v) is 7.51. The normalized spacial score (nSPS) is 28.5. The van der Waals surface area contributed by atoms with Crippen molar-refractivity contribution in [1.82, 2.24) is 10.2 Å². The quantitative estimate of drug-likeness (QED) is 0.631. The van der Waals surface area contributed by atoms with Gasteiger partial charge in [0.1, 0.15) is 11.4 Å². The number of fused-ring (bicyclic) bond motifs is 1. The van der Waals surface area contributed by atoms with E-state index < -0.39 is 47.0 Å². The fourth-order valence-electron chi connectivity index (χ4n) is 4.66. The van der Waals surface area contributed by atoms with Crippen LogP contribution < -0.4 is 5.32 Å². The maximum atomic E-state index is 14.6. The number of carbonyl (C=O) groups excluding carboxylic acids is 3. The lowest BCUT2D eigenvalue weighted by Gasteiger charge is -2.32. The minimum absolute atomic E-state index is 0.138. The van der Waals surface area contributed by atoms with Gasteiger partial charge in [0.25, 0.3) is 0 Å². The summed E-state index contributed by atoms with van der Waals surface area (Å²) < 4.78 is 19.7. The molecule has 2 aromatic rings. The first-order chi connectivity index (χ1) is 13.9. The lowest BCUT2D eigenvalue weighted by Crippen LogP contribution is -2.57. The Labute approximate surface area is 167 Å². The van der Waals surface area contributed by atoms with Crippen LogP contribution >= 0.6 is 0 Å². The summed E-state index contributed by atoms with van der Waals surface area (Å²) in [6, 6.07) is 14.4. The molecule has 2 fully saturated rings. The number of hydrogen-bond donors (Lipinski definition) is 1. The number of benzene rings is 2. The van der Waals surface area contributed by atoms with Gasteiger partial charge in [0.05, 0.1) is 18.9 Å². The van der Waals surface area contributed by atoms with Crippen molar-refractivity contribution < 1.29 is 23.5 Å². The molecule has 1 N–H and O–H groups in total. The number of amides is 2. The van der Waals surface area contributed by atoms with Crippen LogP contribution in [0.1, 0.15) is 17.2 Å². The van der Waals surface area contributed by atoms with Crippen LogP contribution in [-0.2, 0) is 25.5 Å². The summed E-state index contributed by atoms with van der Waals surface area (Å²) in [7, 11) is 2.64. The van der Waals surface area contributed by atoms with E-state index in [4.69, 9.17) is 4.74 Å². The van der Waals surface area contributed by atoms with Crippen LogP contribution in [0.5, 0.6) is 0 Å². The molecule has 6 nitrogen and oxygen atoms in total. The molecule has 4 rings (SSSR count). The number of carbonyl (C=O) groups is 3. The molecule has 2 amide bonds. The average Bonchev–Trinajstić information content (AvgIpc) is 3.18. The van der Waals surface area contributed by atoms with Crippen molar-refractivity contribution in [2.24, 2.45) is 11.8 Å². The highest BCUT2D eigenvalue weighted by atomic mass is 19.1. The van der Waals surface area contributed by atoms with Crippen LogP contribution in [0.3, 0.4) is 0 Å². The van der Waals surface area contributed by atoms with Crippen molar-refractivity contribution in [2.75, 3.05) is 14.2 Å². The first-order valence-corrected chi connectivity index (χ1v) is 9.36. The molecular formula is C22H21FN2O4. The molecule has 4 unspecified atom stereocenters. The van der Waals surface area contributed by atoms with Gasteiger partial charge in [-0.05, 0) is 11.6 Å². The molecule has 0 saturated carbocycles. The van der Waals surface area contributed by atoms with Gasteiger partial charge < -0.3 is 4.74 Å². The van der Waals surface area contributed by atoms with Crippen molar-refractivity contribution in [2.45, 2.75) is 18.0 Å². The standard InChI is InChI=1S/C22H21FN2O4/c1-25-19(26)16-17(20(25)27)22(21(28)29-2,12-13-8-4-3-5-9-13)24-18(16)14-10-6-7-11-15(14)23/h3-11,16-18,24H,12H2,1-2H3. The molecule has 0 radical (unpaired) electrons. The van der Waals surface area contributed by atoms with Crippen molar-refractivity contribution in [3.63, 3.8) is 0 Å². The van der Waals surface area contributed by atoms with E-state index >= 15 is 0 Å². The number of imide groups is 1. The maximum absolute atomic E-state index is 14.6. The van der Waals surface area contributed by atoms with Crippen molar-refractivity contribution in [1.29, 1.82) is 0 Å². The number of likely N-dealkylation sites (tertiary alicyclic amines) is 1. The summed E-state index contributed by atoms with van der Waals surface area (Å²) in [5.74, 6) is -3.93. The number of ether oxygens (including phenoxy) is 1. The summed E-state index contributed by atoms with van der Waals surface area (Å²) in [4.78, 5) is 40.1. The number of nitrogens with one attached hydrogen (secondary N) is 1. The zero-order valence-corrected chi connectivity index (χ0v) is 16.1. The van der Waals surface area contributed by atoms with Crippen molar-refractivity contribution in [3.8, 4) is 0 Å². The van der Waals surface area contributed by atoms with Gasteiger partial charge in [0.15, 0.2) is 0 Å². The summed E-state index contributed by atoms with van der Waals surface area (Å²) >= 11 is 0. The van der Waals surface area contributed by atoms with Crippen LogP contribution in [0.25, 0.3) is 0 Å². The molecule has 0 bridgehead atoms. The monoisotopic (exact) mass is 396 g/mol. The van der Waals surface area contributed by atoms with Gasteiger partial charge in [0, 0.05) is 25.1 Å². The Morgan fingerprint density at radius 3 is 2.41 bits per heavy atom. The van der Waals surface area contributed by atoms with Crippen LogP contribution in [0.4, 0.5) is 4.39 Å². The Bertz CT molecular complexity index is 980. The highest BCUT2D eigenvalue weighted by molar-refractivity contribution is 6.09. The second kappa shape index (κ2) is 7.08. The fourth-order valence-corrected chi connectivity index (χ4v) is 4.66. The van der Waals surface area contributed by atoms with Gasteiger partial charge in [-0.15, -0.1) is 0 Å². The Morgan fingerprint density at radius 1 is 1.10 bits per heavy atom. The second-order valence-electron chi connectivity index (χ2n) is 7.51. The smallest absolute Gasteiger partial charge is 0.327 e. The van der Waals surface area contributed by atoms with E-state index in [1.54, 1.807) is 18.2 Å². The van der Waals surface area contributed by atoms with E-state index in [0.29, 0.717) is 0 Å². The average molecular weight is 396 g/mol. The molecule has 4 atom stereocenters. The molecule has 0 aromatic heterocycles. The van der Waals surface area contributed by atoms with Crippen molar-refractivity contribution >= 4 is 17.8 Å². The van der Waals surface area contributed by atoms with Gasteiger partial charge in [-0.1, -0.05) is 48.5 Å². The Kier molecular flexibility index (Phi) is 4.70. The summed E-state index contributed by atoms with van der Waals surface area (Å²) in [6.45, 7) is 0. The van der Waals surface area contributed by atoms with Crippen LogP contribution in [0, 0.1) is 17.7 Å². The number of esters is 1. The Hall–Kier alpha value is -3.06. The largest absolute Gasteiger partial charge is 0.468 e. The molecule has 0 aliphatic carbocycles. The predicted molar refractivity (Wildman–Crippen MR) is 102 cm³/mol. The fraction of sp³-hybridized carbons (Fsp3) is 0.318. The third-order valence-corrected chi connectivity index (χ3v) is 5.99. The molecule has 0 spiro atoms. The SMILES string of the molecule is COC(=O)C1(Cc2ccccc2)NC(c2ccccc2F)C2C(=O)N(C)C(=O)C21. The number of rotatable bonds is 4. The predicted octanol–water partition coefficient (Wildman–Crippen LogP) is 1.86. The lowest BCUT2D eigenvalue weighted by atomic mass is 9.76. The zero-order valence-electron chi connectivity index (χ0n) is 16.1. The first kappa shape index (κ1) is 19.3. The van der Waals surface area contributed by atoms with E-state index in [-0.39, 0.29) is 12.0 Å². The number of hydrogen-bond acceptors (Lipinski definition) is 5. The lowest BCUT2D eigenvalue weighted by molar-refractivity contribution is -0.153. The van der Waals surface area contributed by atoms with E-state index in [1.807, 2.05) is 30.3 Å². The number of halogens is 1. The van der Waals surface area contributed by atoms with E-state index in [9.17, 15) is 18.8 Å². The minimum atomic E-state index is -1.48. The van der Waals surface area contributed by atoms with Crippen LogP contribution in [-0.4, -0.2) is 42.4 Å². The van der Waals surface area contributed by atoms with E-state index in [2.05, 4.69) is 5.32 Å². The third kappa shape index (κ3) is 2.84. The topological polar surface area (TPSA) is 75.7 Å². The highest BCUT2D eigenvalue weighted by Crippen LogP contribution is 2.50.